The Morgan fingerprint density at radius 2 is 1.79 bits per heavy atom. The molecular formula is C31H23NO7. The van der Waals surface area contributed by atoms with Crippen molar-refractivity contribution in [3.8, 4) is 28.4 Å². The van der Waals surface area contributed by atoms with Gasteiger partial charge in [0.05, 0.1) is 31.7 Å². The lowest BCUT2D eigenvalue weighted by Crippen LogP contribution is -2.29. The molecule has 8 nitrogen and oxygen atoms in total. The Morgan fingerprint density at radius 3 is 2.56 bits per heavy atom. The fourth-order valence-electron chi connectivity index (χ4n) is 5.95. The molecule has 2 aliphatic heterocycles. The van der Waals surface area contributed by atoms with E-state index < -0.39 is 11.9 Å². The van der Waals surface area contributed by atoms with Gasteiger partial charge in [0, 0.05) is 29.7 Å². The average Bonchev–Trinajstić information content (AvgIpc) is 3.40. The monoisotopic (exact) mass is 521 g/mol. The van der Waals surface area contributed by atoms with Gasteiger partial charge in [-0.2, -0.15) is 0 Å². The van der Waals surface area contributed by atoms with Gasteiger partial charge in [-0.25, -0.2) is 0 Å². The summed E-state index contributed by atoms with van der Waals surface area (Å²) in [5, 5.41) is 1.15. The summed E-state index contributed by atoms with van der Waals surface area (Å²) in [6.45, 7) is 0.580. The summed E-state index contributed by atoms with van der Waals surface area (Å²) in [5.41, 5.74) is 3.80. The predicted molar refractivity (Wildman–Crippen MR) is 145 cm³/mol. The van der Waals surface area contributed by atoms with Gasteiger partial charge in [-0.15, -0.1) is 0 Å². The van der Waals surface area contributed by atoms with Gasteiger partial charge in [-0.3, -0.25) is 14.4 Å². The van der Waals surface area contributed by atoms with Crippen molar-refractivity contribution in [1.82, 2.24) is 4.57 Å². The van der Waals surface area contributed by atoms with Gasteiger partial charge < -0.3 is 23.2 Å². The van der Waals surface area contributed by atoms with E-state index in [1.54, 1.807) is 35.9 Å². The van der Waals surface area contributed by atoms with Gasteiger partial charge in [0.2, 0.25) is 5.43 Å². The van der Waals surface area contributed by atoms with Gasteiger partial charge in [-0.1, -0.05) is 30.3 Å². The minimum absolute atomic E-state index is 0.0567. The number of ether oxygens (including phenoxy) is 3. The van der Waals surface area contributed by atoms with E-state index in [4.69, 9.17) is 18.6 Å². The van der Waals surface area contributed by atoms with Crippen molar-refractivity contribution in [2.75, 3.05) is 14.2 Å². The van der Waals surface area contributed by atoms with E-state index in [9.17, 15) is 14.4 Å². The van der Waals surface area contributed by atoms with Crippen molar-refractivity contribution in [2.45, 2.75) is 25.3 Å². The van der Waals surface area contributed by atoms with Crippen LogP contribution in [0.1, 0.15) is 29.0 Å². The van der Waals surface area contributed by atoms with Gasteiger partial charge in [0.15, 0.2) is 0 Å². The number of esters is 1. The number of hydrogen-bond donors (Lipinski definition) is 0. The number of fused-ring (bicyclic) bond motifs is 3. The molecule has 5 aromatic rings. The van der Waals surface area contributed by atoms with E-state index in [-0.39, 0.29) is 39.9 Å². The molecule has 2 aromatic heterocycles. The molecule has 1 atom stereocenters. The van der Waals surface area contributed by atoms with Crippen molar-refractivity contribution >= 4 is 27.8 Å². The second kappa shape index (κ2) is 8.59. The number of methoxy groups -OCH3 is 2. The number of carbonyl (C=O) groups excluding carboxylic acids is 1. The van der Waals surface area contributed by atoms with Crippen LogP contribution in [0.3, 0.4) is 0 Å². The van der Waals surface area contributed by atoms with Crippen LogP contribution in [0, 0.1) is 0 Å². The molecule has 0 saturated carbocycles. The van der Waals surface area contributed by atoms with Gasteiger partial charge in [0.25, 0.3) is 5.56 Å². The molecule has 3 aromatic carbocycles. The molecule has 2 aliphatic rings. The highest BCUT2D eigenvalue weighted by Gasteiger charge is 2.36. The largest absolute Gasteiger partial charge is 0.497 e. The number of rotatable bonds is 4. The molecule has 0 bridgehead atoms. The highest BCUT2D eigenvalue weighted by Crippen LogP contribution is 2.46. The smallest absolute Gasteiger partial charge is 0.312 e. The summed E-state index contributed by atoms with van der Waals surface area (Å²) >= 11 is 0. The van der Waals surface area contributed by atoms with Crippen molar-refractivity contribution in [3.63, 3.8) is 0 Å². The molecule has 0 N–H and O–H groups in total. The summed E-state index contributed by atoms with van der Waals surface area (Å²) in [6.07, 6.45) is 2.13. The van der Waals surface area contributed by atoms with E-state index in [0.717, 1.165) is 22.9 Å². The first-order valence-electron chi connectivity index (χ1n) is 12.7. The molecular weight excluding hydrogens is 498 g/mol. The molecule has 39 heavy (non-hydrogen) atoms. The molecule has 4 heterocycles. The lowest BCUT2D eigenvalue weighted by atomic mass is 9.85. The third-order valence-electron chi connectivity index (χ3n) is 7.78. The van der Waals surface area contributed by atoms with E-state index in [0.29, 0.717) is 34.5 Å². The second-order valence-corrected chi connectivity index (χ2v) is 9.79. The number of aryl methyl sites for hydroxylation is 2. The number of benzene rings is 3. The van der Waals surface area contributed by atoms with E-state index in [2.05, 4.69) is 0 Å². The molecule has 8 heteroatoms. The minimum Gasteiger partial charge on any atom is -0.497 e. The van der Waals surface area contributed by atoms with Crippen molar-refractivity contribution in [1.29, 1.82) is 0 Å². The van der Waals surface area contributed by atoms with Crippen LogP contribution in [0.2, 0.25) is 0 Å². The third kappa shape index (κ3) is 3.41. The van der Waals surface area contributed by atoms with E-state index in [1.807, 2.05) is 24.3 Å². The SMILES string of the molecule is COc1ccc(-c2coc3c4c(cc(OC)c3c2=O)OC(=O)C[C@@H]4c2cc3cccc4c3n(c2=O)CC4)cc1. The van der Waals surface area contributed by atoms with Crippen LogP contribution in [0.15, 0.2) is 74.9 Å². The molecule has 0 unspecified atom stereocenters. The number of aromatic nitrogens is 1. The fourth-order valence-corrected chi connectivity index (χ4v) is 5.95. The average molecular weight is 522 g/mol. The van der Waals surface area contributed by atoms with Crippen molar-refractivity contribution < 1.29 is 23.4 Å². The minimum atomic E-state index is -0.658. The zero-order valence-electron chi connectivity index (χ0n) is 21.3. The first-order chi connectivity index (χ1) is 19.0. The molecule has 7 rings (SSSR count). The molecule has 0 saturated heterocycles. The lowest BCUT2D eigenvalue weighted by Gasteiger charge is -2.26. The number of nitrogens with zero attached hydrogens (tertiary/aromatic N) is 1. The van der Waals surface area contributed by atoms with Crippen molar-refractivity contribution in [2.24, 2.45) is 0 Å². The highest BCUT2D eigenvalue weighted by molar-refractivity contribution is 5.95. The van der Waals surface area contributed by atoms with Crippen LogP contribution in [-0.2, 0) is 17.8 Å². The van der Waals surface area contributed by atoms with Crippen LogP contribution < -0.4 is 25.2 Å². The van der Waals surface area contributed by atoms with E-state index >= 15 is 0 Å². The van der Waals surface area contributed by atoms with Crippen LogP contribution in [-0.4, -0.2) is 24.8 Å². The first kappa shape index (κ1) is 23.3. The second-order valence-electron chi connectivity index (χ2n) is 9.79. The highest BCUT2D eigenvalue weighted by atomic mass is 16.5. The lowest BCUT2D eigenvalue weighted by molar-refractivity contribution is -0.135. The molecule has 0 aliphatic carbocycles. The summed E-state index contributed by atoms with van der Waals surface area (Å²) in [4.78, 5) is 40.4. The summed E-state index contributed by atoms with van der Waals surface area (Å²) in [7, 11) is 3.02. The van der Waals surface area contributed by atoms with Crippen LogP contribution in [0.4, 0.5) is 0 Å². The zero-order chi connectivity index (χ0) is 26.8. The summed E-state index contributed by atoms with van der Waals surface area (Å²) in [6, 6.07) is 16.5. The van der Waals surface area contributed by atoms with Gasteiger partial charge in [-0.05, 0) is 41.1 Å². The maximum atomic E-state index is 13.9. The Hall–Kier alpha value is -4.85. The molecule has 0 fully saturated rings. The third-order valence-corrected chi connectivity index (χ3v) is 7.78. The molecule has 0 spiro atoms. The Morgan fingerprint density at radius 1 is 0.974 bits per heavy atom. The maximum Gasteiger partial charge on any atom is 0.312 e. The number of hydrogen-bond acceptors (Lipinski definition) is 7. The Labute approximate surface area is 222 Å². The quantitative estimate of drug-likeness (QED) is 0.248. The number of pyridine rings is 1. The van der Waals surface area contributed by atoms with Crippen LogP contribution >= 0.6 is 0 Å². The number of para-hydroxylation sites is 1. The fraction of sp³-hybridized carbons (Fsp3) is 0.194. The van der Waals surface area contributed by atoms with E-state index in [1.165, 1.54) is 19.4 Å². The van der Waals surface area contributed by atoms with Crippen molar-refractivity contribution in [3.05, 3.63) is 98.1 Å². The van der Waals surface area contributed by atoms with Crippen LogP contribution in [0.25, 0.3) is 33.0 Å². The maximum absolute atomic E-state index is 13.9. The Kier molecular flexibility index (Phi) is 5.13. The molecule has 194 valence electrons. The Bertz CT molecular complexity index is 1950. The first-order valence-corrected chi connectivity index (χ1v) is 12.7. The summed E-state index contributed by atoms with van der Waals surface area (Å²) in [5.74, 6) is -0.0249. The molecule has 0 amide bonds. The molecule has 0 radical (unpaired) electrons. The van der Waals surface area contributed by atoms with Crippen LogP contribution in [0.5, 0.6) is 17.2 Å². The Balaban J connectivity index is 1.49. The standard InChI is InChI=1S/C31H23NO7/c1-36-19-8-6-16(7-9-19)22-15-38-30-26-20(13-25(33)39-24(26)14-23(37-2)27(30)29(22)34)21-12-18-5-3-4-17-10-11-32(28(17)18)31(21)35/h3-9,12,14-15,20H,10-11,13H2,1-2H3/t20-/m1/s1. The zero-order valence-corrected chi connectivity index (χ0v) is 21.3. The number of carbonyl (C=O) groups is 1. The predicted octanol–water partition coefficient (Wildman–Crippen LogP) is 4.79. The topological polar surface area (TPSA) is 97.0 Å². The summed E-state index contributed by atoms with van der Waals surface area (Å²) < 4.78 is 24.3. The normalized spacial score (nSPS) is 15.8. The van der Waals surface area contributed by atoms with Gasteiger partial charge in [0.1, 0.15) is 34.5 Å². The van der Waals surface area contributed by atoms with Gasteiger partial charge >= 0.3 is 5.97 Å².